The molecule has 0 aliphatic rings. The van der Waals surface area contributed by atoms with Gasteiger partial charge in [0.05, 0.1) is 58.7 Å². The molecule has 180 valence electrons. The summed E-state index contributed by atoms with van der Waals surface area (Å²) in [7, 11) is 0. The van der Waals surface area contributed by atoms with E-state index in [-0.39, 0.29) is 0 Å². The second kappa shape index (κ2) is 27.2. The summed E-state index contributed by atoms with van der Waals surface area (Å²) in [5, 5.41) is 32.9. The number of rotatable bonds is 16. The first kappa shape index (κ1) is 32.8. The zero-order chi connectivity index (χ0) is 24.3. The zero-order valence-corrected chi connectivity index (χ0v) is 17.4. The summed E-state index contributed by atoms with van der Waals surface area (Å²) in [6.07, 6.45) is 4.10. The van der Waals surface area contributed by atoms with Gasteiger partial charge in [-0.3, -0.25) is 0 Å². The Morgan fingerprint density at radius 2 is 0.903 bits per heavy atom. The van der Waals surface area contributed by atoms with Crippen LogP contribution in [0.4, 0.5) is 0 Å². The van der Waals surface area contributed by atoms with Crippen molar-refractivity contribution in [1.82, 2.24) is 0 Å². The van der Waals surface area contributed by atoms with Crippen LogP contribution in [-0.2, 0) is 33.4 Å². The number of carboxylic acids is 4. The third-order valence-corrected chi connectivity index (χ3v) is 2.55. The molecule has 13 nitrogen and oxygen atoms in total. The minimum absolute atomic E-state index is 0.447. The fourth-order valence-corrected chi connectivity index (χ4v) is 1.23. The predicted octanol–water partition coefficient (Wildman–Crippen LogP) is -3.61. The van der Waals surface area contributed by atoms with E-state index in [0.717, 1.165) is 39.1 Å². The highest BCUT2D eigenvalue weighted by Crippen LogP contribution is 1.83. The lowest BCUT2D eigenvalue weighted by molar-refractivity contribution is -0.369. The number of hydrogen-bond donors (Lipinski definition) is 5. The number of hydrogen-bond acceptors (Lipinski definition) is 8. The van der Waals surface area contributed by atoms with Crippen LogP contribution in [0, 0.1) is 0 Å². The maximum atomic E-state index is 9.55. The average molecular weight is 453 g/mol. The van der Waals surface area contributed by atoms with Gasteiger partial charge in [0.1, 0.15) is 0 Å². The van der Waals surface area contributed by atoms with Gasteiger partial charge in [-0.1, -0.05) is 0 Å². The van der Waals surface area contributed by atoms with Gasteiger partial charge in [-0.15, -0.1) is 0 Å². The first-order valence-corrected chi connectivity index (χ1v) is 9.24. The van der Waals surface area contributed by atoms with Crippen LogP contribution < -0.4 is 16.6 Å². The Hall–Kier alpha value is -2.84. The number of carbonyl (C=O) groups is 4. The van der Waals surface area contributed by atoms with Gasteiger partial charge in [-0.25, -0.2) is 14.4 Å². The highest BCUT2D eigenvalue weighted by Gasteiger charge is 1.92. The number of quaternary nitrogens is 2. The Morgan fingerprint density at radius 3 is 1.13 bits per heavy atom. The van der Waals surface area contributed by atoms with Crippen molar-refractivity contribution in [2.75, 3.05) is 52.7 Å². The summed E-state index contributed by atoms with van der Waals surface area (Å²) in [6.45, 7) is 6.06. The molecule has 0 unspecified atom stereocenters. The Kier molecular flexibility index (Phi) is 28.8. The summed E-state index contributed by atoms with van der Waals surface area (Å²) >= 11 is 0. The normalized spacial score (nSPS) is 10.1. The van der Waals surface area contributed by atoms with Crippen molar-refractivity contribution in [3.05, 3.63) is 24.3 Å². The van der Waals surface area contributed by atoms with Crippen LogP contribution in [0.2, 0.25) is 0 Å². The quantitative estimate of drug-likeness (QED) is 0.113. The maximum Gasteiger partial charge on any atom is 0.328 e. The molecule has 0 aromatic carbocycles. The van der Waals surface area contributed by atoms with Gasteiger partial charge in [0.2, 0.25) is 0 Å². The SMILES string of the molecule is O=C(O)/C=C\C(=O)O.O=C([O-])/C=C\C(=O)O.[NH3+]CCCOCCOCCOCCC[NH3+]. The van der Waals surface area contributed by atoms with Gasteiger partial charge in [0, 0.05) is 31.1 Å². The average Bonchev–Trinajstić information content (AvgIpc) is 2.70. The number of aliphatic carboxylic acids is 4. The van der Waals surface area contributed by atoms with E-state index < -0.39 is 23.9 Å². The lowest BCUT2D eigenvalue weighted by atomic mass is 10.5. The fourth-order valence-electron chi connectivity index (χ4n) is 1.23. The van der Waals surface area contributed by atoms with E-state index in [2.05, 4.69) is 11.5 Å². The van der Waals surface area contributed by atoms with Gasteiger partial charge in [-0.2, -0.15) is 0 Å². The minimum Gasteiger partial charge on any atom is -0.545 e. The molecule has 0 aliphatic carbocycles. The largest absolute Gasteiger partial charge is 0.545 e. The van der Waals surface area contributed by atoms with E-state index in [0.29, 0.717) is 50.7 Å². The molecule has 0 aliphatic heterocycles. The summed E-state index contributed by atoms with van der Waals surface area (Å²) in [4.78, 5) is 38.1. The van der Waals surface area contributed by atoms with E-state index in [1.54, 1.807) is 0 Å². The van der Waals surface area contributed by atoms with Crippen LogP contribution in [0.5, 0.6) is 0 Å². The molecule has 0 radical (unpaired) electrons. The molecule has 0 aromatic heterocycles. The van der Waals surface area contributed by atoms with Crippen molar-refractivity contribution in [1.29, 1.82) is 0 Å². The topological polar surface area (TPSA) is 235 Å². The van der Waals surface area contributed by atoms with Crippen LogP contribution in [0.15, 0.2) is 24.3 Å². The molecular formula is C18H33N2O11+. The molecule has 13 heteroatoms. The van der Waals surface area contributed by atoms with Crippen molar-refractivity contribution in [2.24, 2.45) is 0 Å². The summed E-state index contributed by atoms with van der Waals surface area (Å²) in [6, 6.07) is 0. The Bertz CT molecular complexity index is 459. The smallest absolute Gasteiger partial charge is 0.328 e. The van der Waals surface area contributed by atoms with Crippen molar-refractivity contribution in [2.45, 2.75) is 12.8 Å². The van der Waals surface area contributed by atoms with Crippen molar-refractivity contribution in [3.63, 3.8) is 0 Å². The van der Waals surface area contributed by atoms with Gasteiger partial charge in [-0.05, 0) is 6.08 Å². The summed E-state index contributed by atoms with van der Waals surface area (Å²) < 4.78 is 15.9. The number of carboxylic acid groups (broad SMARTS) is 4. The van der Waals surface area contributed by atoms with Crippen LogP contribution in [-0.4, -0.2) is 91.9 Å². The van der Waals surface area contributed by atoms with Gasteiger partial charge < -0.3 is 50.9 Å². The molecule has 31 heavy (non-hydrogen) atoms. The molecule has 0 atom stereocenters. The predicted molar refractivity (Wildman–Crippen MR) is 103 cm³/mol. The molecule has 0 spiro atoms. The van der Waals surface area contributed by atoms with Crippen molar-refractivity contribution in [3.8, 4) is 0 Å². The standard InChI is InChI=1S/C10H24N2O3.2C4H4O4/c11-3-1-5-13-7-9-15-10-8-14-6-2-4-12;2*5-3(6)1-2-4(7)8/h1-12H2;2*1-2H,(H,5,6)(H,7,8)/p+1/b;2*2-1-. The van der Waals surface area contributed by atoms with E-state index in [4.69, 9.17) is 29.5 Å². The Morgan fingerprint density at radius 1 is 0.613 bits per heavy atom. The van der Waals surface area contributed by atoms with Crippen molar-refractivity contribution < 1.29 is 65.3 Å². The van der Waals surface area contributed by atoms with Crippen molar-refractivity contribution >= 4 is 23.9 Å². The number of carbonyl (C=O) groups excluding carboxylic acids is 1. The molecule has 0 saturated carbocycles. The molecule has 0 bridgehead atoms. The molecular weight excluding hydrogens is 420 g/mol. The molecule has 9 N–H and O–H groups in total. The van der Waals surface area contributed by atoms with Crippen LogP contribution in [0.1, 0.15) is 12.8 Å². The zero-order valence-electron chi connectivity index (χ0n) is 17.4. The van der Waals surface area contributed by atoms with E-state index >= 15 is 0 Å². The summed E-state index contributed by atoms with van der Waals surface area (Å²) in [5.74, 6) is -5.32. The van der Waals surface area contributed by atoms with E-state index in [9.17, 15) is 24.3 Å². The van der Waals surface area contributed by atoms with E-state index in [1.807, 2.05) is 0 Å². The molecule has 0 heterocycles. The third-order valence-electron chi connectivity index (χ3n) is 2.55. The van der Waals surface area contributed by atoms with E-state index in [1.165, 1.54) is 0 Å². The monoisotopic (exact) mass is 453 g/mol. The molecule has 0 fully saturated rings. The molecule has 0 rings (SSSR count). The molecule has 0 aromatic rings. The fraction of sp³-hybridized carbons (Fsp3) is 0.556. The minimum atomic E-state index is -1.51. The lowest BCUT2D eigenvalue weighted by Gasteiger charge is -2.05. The first-order valence-electron chi connectivity index (χ1n) is 9.24. The highest BCUT2D eigenvalue weighted by atomic mass is 16.5. The van der Waals surface area contributed by atoms with Gasteiger partial charge in [0.25, 0.3) is 0 Å². The summed E-state index contributed by atoms with van der Waals surface area (Å²) in [5.41, 5.74) is 7.47. The first-order chi connectivity index (χ1) is 14.7. The second-order valence-corrected chi connectivity index (χ2v) is 5.25. The Balaban J connectivity index is -0.000000415. The second-order valence-electron chi connectivity index (χ2n) is 5.25. The molecule has 0 saturated heterocycles. The maximum absolute atomic E-state index is 9.55. The van der Waals surface area contributed by atoms with Crippen LogP contribution in [0.25, 0.3) is 0 Å². The third kappa shape index (κ3) is 46.8. The Labute approximate surface area is 179 Å². The van der Waals surface area contributed by atoms with Crippen LogP contribution in [0.3, 0.4) is 0 Å². The number of ether oxygens (including phenoxy) is 3. The lowest BCUT2D eigenvalue weighted by Crippen LogP contribution is -2.50. The van der Waals surface area contributed by atoms with Gasteiger partial charge in [0.15, 0.2) is 0 Å². The molecule has 0 amide bonds. The van der Waals surface area contributed by atoms with Crippen LogP contribution >= 0.6 is 0 Å². The van der Waals surface area contributed by atoms with Gasteiger partial charge >= 0.3 is 17.9 Å². The highest BCUT2D eigenvalue weighted by molar-refractivity contribution is 5.89.